The molecule has 2 bridgehead atoms. The van der Waals surface area contributed by atoms with E-state index in [9.17, 15) is 49.5 Å². The lowest BCUT2D eigenvalue weighted by molar-refractivity contribution is -0.374. The van der Waals surface area contributed by atoms with Gasteiger partial charge in [-0.25, -0.2) is 19.2 Å². The van der Waals surface area contributed by atoms with Gasteiger partial charge >= 0.3 is 29.8 Å². The number of aliphatic hydroxyl groups is 2. The van der Waals surface area contributed by atoms with Crippen LogP contribution in [0.5, 0.6) is 0 Å². The van der Waals surface area contributed by atoms with Crippen LogP contribution in [0, 0.1) is 17.8 Å². The van der Waals surface area contributed by atoms with Crippen molar-refractivity contribution in [1.29, 1.82) is 0 Å². The van der Waals surface area contributed by atoms with E-state index in [4.69, 9.17) is 18.9 Å². The predicted molar refractivity (Wildman–Crippen MR) is 171 cm³/mol. The summed E-state index contributed by atoms with van der Waals surface area (Å²) < 4.78 is 22.0. The first-order valence-corrected chi connectivity index (χ1v) is 16.1. The molecule has 0 spiro atoms. The number of benzene rings is 1. The maximum atomic E-state index is 13.0. The van der Waals surface area contributed by atoms with Gasteiger partial charge in [-0.05, 0) is 42.2 Å². The standard InChI is InChI=1S/C35H46O14/c1-7-19(2)17-20(3)13-14-25(37)47-28-27(38)33(48-29(30(39)40)34(45,31(41)42)35(28,49-33)32(43)44)16-15-21(4)26(46-23(6)36)22(5)18-24-11-9-8-10-12-24/h8-14,19-20,22,26-29,38,45H,4,7,15-18H2,1-3,5-6H3,(H,39,40)(H,41,42)(H,43,44)/b14-13+/t19-,20+,22+,26-,27-,28-,29-,33+,34-,35+/m1/s1/i14+1,15+1,16+1,18+1,19+1,20+1,22+1,27+1,29+1,34+1,35+1. The number of hydrogen-bond acceptors (Lipinski definition) is 11. The number of esters is 2. The summed E-state index contributed by atoms with van der Waals surface area (Å²) in [6.45, 7) is 12.9. The molecular formula is C35H46O14. The first-order valence-electron chi connectivity index (χ1n) is 16.1. The Bertz CT molecular complexity index is 1440. The van der Waals surface area contributed by atoms with Crippen LogP contribution in [0.25, 0.3) is 0 Å². The molecule has 5 N–H and O–H groups in total. The molecule has 10 atom stereocenters. The Balaban J connectivity index is 2.02. The van der Waals surface area contributed by atoms with Gasteiger partial charge < -0.3 is 44.5 Å². The smallest absolute Gasteiger partial charge is 0.344 e. The topological polar surface area (TPSA) is 223 Å². The minimum Gasteiger partial charge on any atom is -0.479 e. The summed E-state index contributed by atoms with van der Waals surface area (Å²) >= 11 is 0. The number of carboxylic acids is 3. The van der Waals surface area contributed by atoms with Crippen molar-refractivity contribution < 1.29 is 68.5 Å². The quantitative estimate of drug-likeness (QED) is 0.0682. The molecule has 2 aliphatic rings. The Kier molecular flexibility index (Phi) is 12.5. The van der Waals surface area contributed by atoms with Gasteiger partial charge in [0.2, 0.25) is 23.1 Å². The summed E-state index contributed by atoms with van der Waals surface area (Å²) in [5.41, 5.74) is -6.27. The van der Waals surface area contributed by atoms with E-state index >= 15 is 0 Å². The number of carboxylic acid groups (broad SMARTS) is 3. The molecule has 0 aliphatic carbocycles. The highest BCUT2D eigenvalue weighted by Gasteiger charge is 2.85. The Morgan fingerprint density at radius 1 is 1.04 bits per heavy atom. The fraction of sp³-hybridized carbons (Fsp3) is 0.571. The van der Waals surface area contributed by atoms with Crippen molar-refractivity contribution in [1.82, 2.24) is 0 Å². The lowest BCUT2D eigenvalue weighted by atomic mass is 10.2. The number of carbonyl (C=O) groups is 5. The normalized spacial score (nSPS) is 30.1. The second kappa shape index (κ2) is 15.6. The van der Waals surface area contributed by atoms with Crippen LogP contribution in [-0.4, -0.2) is 96.8 Å². The first-order chi connectivity index (χ1) is 22.9. The third-order valence-electron chi connectivity index (χ3n) is 9.29. The van der Waals surface area contributed by atoms with E-state index < -0.39 is 77.7 Å². The molecule has 270 valence electrons. The van der Waals surface area contributed by atoms with E-state index in [1.165, 1.54) is 13.0 Å². The first kappa shape index (κ1) is 39.3. The van der Waals surface area contributed by atoms with E-state index in [2.05, 4.69) is 6.58 Å². The van der Waals surface area contributed by atoms with Gasteiger partial charge in [0, 0.05) is 25.3 Å². The molecular weight excluding hydrogens is 655 g/mol. The van der Waals surface area contributed by atoms with Crippen LogP contribution in [0.1, 0.15) is 65.9 Å². The van der Waals surface area contributed by atoms with Crippen molar-refractivity contribution in [2.45, 2.75) is 108 Å². The monoisotopic (exact) mass is 701 g/mol. The molecule has 0 aromatic heterocycles. The van der Waals surface area contributed by atoms with Gasteiger partial charge in [-0.2, -0.15) is 0 Å². The maximum Gasteiger partial charge on any atom is 0.344 e. The van der Waals surface area contributed by atoms with Crippen molar-refractivity contribution in [3.05, 3.63) is 60.2 Å². The molecule has 0 radical (unpaired) electrons. The lowest BCUT2D eigenvalue weighted by Gasteiger charge is -2.48. The van der Waals surface area contributed by atoms with E-state index in [-0.39, 0.29) is 23.8 Å². The highest BCUT2D eigenvalue weighted by molar-refractivity contribution is 5.98. The van der Waals surface area contributed by atoms with Crippen LogP contribution < -0.4 is 0 Å². The molecule has 2 saturated heterocycles. The number of fused-ring (bicyclic) bond motifs is 2. The van der Waals surface area contributed by atoms with E-state index in [1.54, 1.807) is 6.92 Å². The molecule has 0 unspecified atom stereocenters. The molecule has 3 rings (SSSR count). The van der Waals surface area contributed by atoms with E-state index in [0.717, 1.165) is 18.1 Å². The zero-order valence-corrected chi connectivity index (χ0v) is 28.2. The van der Waals surface area contributed by atoms with Crippen molar-refractivity contribution >= 4 is 29.8 Å². The van der Waals surface area contributed by atoms with Crippen LogP contribution in [0.4, 0.5) is 0 Å². The largest absolute Gasteiger partial charge is 0.479 e. The van der Waals surface area contributed by atoms with Gasteiger partial charge in [0.25, 0.3) is 0 Å². The van der Waals surface area contributed by atoms with Gasteiger partial charge in [-0.15, -0.1) is 0 Å². The number of aliphatic hydroxyl groups excluding tert-OH is 1. The van der Waals surface area contributed by atoms with Crippen LogP contribution in [0.15, 0.2) is 54.6 Å². The van der Waals surface area contributed by atoms with Gasteiger partial charge in [0.15, 0.2) is 6.10 Å². The Labute approximate surface area is 284 Å². The Hall–Kier alpha value is -4.11. The number of aliphatic carboxylic acids is 3. The van der Waals surface area contributed by atoms with Gasteiger partial charge in [-0.1, -0.05) is 77.1 Å². The van der Waals surface area contributed by atoms with Crippen LogP contribution in [0.3, 0.4) is 0 Å². The lowest BCUT2D eigenvalue weighted by Crippen LogP contribution is -2.78. The fourth-order valence-corrected chi connectivity index (χ4v) is 6.58. The van der Waals surface area contributed by atoms with Crippen molar-refractivity contribution in [2.75, 3.05) is 0 Å². The summed E-state index contributed by atoms with van der Waals surface area (Å²) in [5, 5.41) is 53.5. The molecule has 0 saturated carbocycles. The number of carbonyl (C=O) groups excluding carboxylic acids is 2. The van der Waals surface area contributed by atoms with Crippen molar-refractivity contribution in [3.63, 3.8) is 0 Å². The third kappa shape index (κ3) is 7.88. The van der Waals surface area contributed by atoms with Crippen LogP contribution in [-0.2, 0) is 49.3 Å². The molecule has 49 heavy (non-hydrogen) atoms. The highest BCUT2D eigenvalue weighted by atomic mass is 16.9. The second-order valence-corrected chi connectivity index (χ2v) is 13.1. The maximum absolute atomic E-state index is 13.0. The molecule has 2 aliphatic heterocycles. The minimum atomic E-state index is -3.90. The number of ether oxygens (including phenoxy) is 4. The molecule has 1 aromatic carbocycles. The molecule has 2 fully saturated rings. The van der Waals surface area contributed by atoms with Crippen molar-refractivity contribution in [3.8, 4) is 0 Å². The molecule has 2 heterocycles. The molecule has 0 amide bonds. The Morgan fingerprint density at radius 2 is 1.67 bits per heavy atom. The molecule has 1 aromatic rings. The summed E-state index contributed by atoms with van der Waals surface area (Å²) in [6, 6.07) is 9.29. The van der Waals surface area contributed by atoms with Gasteiger partial charge in [-0.3, -0.25) is 4.79 Å². The summed E-state index contributed by atoms with van der Waals surface area (Å²) in [6.07, 6.45) is -4.83. The van der Waals surface area contributed by atoms with E-state index in [1.807, 2.05) is 51.1 Å². The number of hydrogen-bond donors (Lipinski definition) is 5. The Morgan fingerprint density at radius 3 is 2.20 bits per heavy atom. The van der Waals surface area contributed by atoms with Crippen molar-refractivity contribution in [2.24, 2.45) is 17.8 Å². The zero-order chi connectivity index (χ0) is 36.9. The average Bonchev–Trinajstić information content (AvgIpc) is 3.25. The van der Waals surface area contributed by atoms with Crippen LogP contribution >= 0.6 is 0 Å². The summed E-state index contributed by atoms with van der Waals surface area (Å²) in [4.78, 5) is 63.0. The zero-order valence-electron chi connectivity index (χ0n) is 28.2. The average molecular weight is 702 g/mol. The summed E-state index contributed by atoms with van der Waals surface area (Å²) in [7, 11) is 0. The SMILES string of the molecule is C=C([13CH2][13CH2][C@]12O[13C@H](C(=O)O)[13C@@](O)(C(=O)O)[13C@](C(=O)O)(O1)[C@H](OC(=O)/[13CH]=C/[13C@H](C)C[13C@H](C)CC)[13C@H]2O)[C@@H](OC(C)=O)[13C@@H](C)[13CH2]c1ccccc1. The molecule has 14 heteroatoms. The van der Waals surface area contributed by atoms with E-state index in [0.29, 0.717) is 18.8 Å². The van der Waals surface area contributed by atoms with Crippen LogP contribution in [0.2, 0.25) is 0 Å². The predicted octanol–water partition coefficient (Wildman–Crippen LogP) is 2.88. The van der Waals surface area contributed by atoms with Gasteiger partial charge in [0.1, 0.15) is 12.2 Å². The second-order valence-electron chi connectivity index (χ2n) is 13.1. The van der Waals surface area contributed by atoms with Gasteiger partial charge in [0.05, 0.1) is 0 Å². The third-order valence-corrected chi connectivity index (χ3v) is 9.29. The summed E-state index contributed by atoms with van der Waals surface area (Å²) in [5.74, 6) is -11.3. The number of rotatable bonds is 17. The molecule has 14 nitrogen and oxygen atoms in total. The highest BCUT2D eigenvalue weighted by Crippen LogP contribution is 2.56. The fourth-order valence-electron chi connectivity index (χ4n) is 6.58. The number of allylic oxidation sites excluding steroid dienone is 1. The minimum absolute atomic E-state index is 0.123.